The second-order valence-corrected chi connectivity index (χ2v) is 4.96. The van der Waals surface area contributed by atoms with E-state index in [2.05, 4.69) is 22.2 Å². The summed E-state index contributed by atoms with van der Waals surface area (Å²) in [6, 6.07) is 2.38. The molecule has 19 heavy (non-hydrogen) atoms. The van der Waals surface area contributed by atoms with Gasteiger partial charge in [0.05, 0.1) is 13.0 Å². The van der Waals surface area contributed by atoms with Crippen molar-refractivity contribution < 1.29 is 9.53 Å². The second-order valence-electron chi connectivity index (χ2n) is 4.96. The summed E-state index contributed by atoms with van der Waals surface area (Å²) in [6.45, 7) is 2.08. The Morgan fingerprint density at radius 1 is 1.37 bits per heavy atom. The van der Waals surface area contributed by atoms with Crippen molar-refractivity contribution in [2.45, 2.75) is 45.1 Å². The van der Waals surface area contributed by atoms with Gasteiger partial charge < -0.3 is 10.1 Å². The first-order valence-corrected chi connectivity index (χ1v) is 6.88. The van der Waals surface area contributed by atoms with Gasteiger partial charge in [-0.1, -0.05) is 6.92 Å². The third-order valence-electron chi connectivity index (χ3n) is 3.70. The molecule has 1 aromatic heterocycles. The van der Waals surface area contributed by atoms with E-state index in [9.17, 15) is 4.79 Å². The van der Waals surface area contributed by atoms with Crippen LogP contribution in [0.4, 0.5) is 5.82 Å². The number of carbonyl (C=O) groups is 1. The number of nitrogens with one attached hydrogen (secondary N) is 1. The lowest BCUT2D eigenvalue weighted by molar-refractivity contribution is -0.146. The van der Waals surface area contributed by atoms with Crippen molar-refractivity contribution in [3.05, 3.63) is 18.1 Å². The van der Waals surface area contributed by atoms with Crippen molar-refractivity contribution in [2.75, 3.05) is 12.4 Å². The average Bonchev–Trinajstić information content (AvgIpc) is 2.47. The Morgan fingerprint density at radius 3 is 2.74 bits per heavy atom. The van der Waals surface area contributed by atoms with Gasteiger partial charge in [-0.25, -0.2) is 9.97 Å². The van der Waals surface area contributed by atoms with Crippen LogP contribution in [0, 0.1) is 5.92 Å². The van der Waals surface area contributed by atoms with Crippen LogP contribution < -0.4 is 5.32 Å². The van der Waals surface area contributed by atoms with Crippen LogP contribution in [0.25, 0.3) is 0 Å². The number of aromatic nitrogens is 2. The molecule has 104 valence electrons. The molecule has 1 N–H and O–H groups in total. The Hall–Kier alpha value is -1.65. The minimum Gasteiger partial charge on any atom is -0.469 e. The fraction of sp³-hybridized carbons (Fsp3) is 0.643. The molecule has 0 aliphatic heterocycles. The number of nitrogens with zero attached hydrogens (tertiary/aromatic N) is 2. The second kappa shape index (κ2) is 6.50. The van der Waals surface area contributed by atoms with Gasteiger partial charge in [0.25, 0.3) is 0 Å². The van der Waals surface area contributed by atoms with E-state index in [0.717, 1.165) is 43.6 Å². The minimum absolute atomic E-state index is 0.0691. The van der Waals surface area contributed by atoms with Crippen LogP contribution >= 0.6 is 0 Å². The fourth-order valence-corrected chi connectivity index (χ4v) is 2.52. The van der Waals surface area contributed by atoms with Crippen molar-refractivity contribution in [2.24, 2.45) is 5.92 Å². The van der Waals surface area contributed by atoms with E-state index in [4.69, 9.17) is 4.74 Å². The van der Waals surface area contributed by atoms with E-state index in [1.807, 2.05) is 6.07 Å². The summed E-state index contributed by atoms with van der Waals surface area (Å²) >= 11 is 0. The Balaban J connectivity index is 1.86. The Morgan fingerprint density at radius 2 is 2.11 bits per heavy atom. The number of anilines is 1. The molecule has 0 saturated heterocycles. The van der Waals surface area contributed by atoms with E-state index in [1.54, 1.807) is 6.33 Å². The van der Waals surface area contributed by atoms with E-state index in [0.29, 0.717) is 6.04 Å². The highest BCUT2D eigenvalue weighted by molar-refractivity contribution is 5.72. The number of rotatable bonds is 4. The molecule has 0 spiro atoms. The van der Waals surface area contributed by atoms with Crippen LogP contribution in [0.5, 0.6) is 0 Å². The van der Waals surface area contributed by atoms with Crippen LogP contribution in [-0.4, -0.2) is 29.1 Å². The third-order valence-corrected chi connectivity index (χ3v) is 3.70. The van der Waals surface area contributed by atoms with Gasteiger partial charge in [-0.15, -0.1) is 0 Å². The molecule has 0 unspecified atom stereocenters. The van der Waals surface area contributed by atoms with Crippen molar-refractivity contribution in [1.29, 1.82) is 0 Å². The van der Waals surface area contributed by atoms with Crippen LogP contribution in [0.3, 0.4) is 0 Å². The van der Waals surface area contributed by atoms with E-state index in [1.165, 1.54) is 7.11 Å². The molecule has 1 saturated carbocycles. The summed E-state index contributed by atoms with van der Waals surface area (Å²) in [6.07, 6.45) is 6.23. The lowest BCUT2D eigenvalue weighted by atomic mass is 9.86. The van der Waals surface area contributed by atoms with Gasteiger partial charge in [0, 0.05) is 17.8 Å². The summed E-state index contributed by atoms with van der Waals surface area (Å²) in [4.78, 5) is 19.9. The summed E-state index contributed by atoms with van der Waals surface area (Å²) in [5.74, 6) is 0.877. The quantitative estimate of drug-likeness (QED) is 0.843. The lowest BCUT2D eigenvalue weighted by Crippen LogP contribution is -2.30. The van der Waals surface area contributed by atoms with E-state index < -0.39 is 0 Å². The maximum atomic E-state index is 11.5. The van der Waals surface area contributed by atoms with Gasteiger partial charge in [-0.3, -0.25) is 4.79 Å². The van der Waals surface area contributed by atoms with Crippen molar-refractivity contribution in [3.63, 3.8) is 0 Å². The zero-order chi connectivity index (χ0) is 13.7. The number of ether oxygens (including phenoxy) is 1. The van der Waals surface area contributed by atoms with Crippen molar-refractivity contribution >= 4 is 11.8 Å². The monoisotopic (exact) mass is 263 g/mol. The summed E-state index contributed by atoms with van der Waals surface area (Å²) < 4.78 is 4.79. The number of carbonyl (C=O) groups excluding carboxylic acids is 1. The topological polar surface area (TPSA) is 64.1 Å². The maximum absolute atomic E-state index is 11.5. The Bertz CT molecular complexity index is 428. The van der Waals surface area contributed by atoms with Crippen molar-refractivity contribution in [1.82, 2.24) is 9.97 Å². The van der Waals surface area contributed by atoms with Gasteiger partial charge in [-0.2, -0.15) is 0 Å². The number of methoxy groups -OCH3 is 1. The van der Waals surface area contributed by atoms with Crippen LogP contribution in [0.15, 0.2) is 12.4 Å². The standard InChI is InChI=1S/C14H21N3O2/c1-3-11-8-13(16-9-15-11)17-12-6-4-10(5-7-12)14(18)19-2/h8-10,12H,3-7H2,1-2H3,(H,15,16,17). The molecule has 1 fully saturated rings. The fourth-order valence-electron chi connectivity index (χ4n) is 2.52. The molecule has 0 aromatic carbocycles. The SMILES string of the molecule is CCc1cc(NC2CCC(C(=O)OC)CC2)ncn1. The van der Waals surface area contributed by atoms with Crippen LogP contribution in [-0.2, 0) is 16.0 Å². The van der Waals surface area contributed by atoms with Gasteiger partial charge in [-0.05, 0) is 32.1 Å². The van der Waals surface area contributed by atoms with Gasteiger partial charge >= 0.3 is 5.97 Å². The van der Waals surface area contributed by atoms with Crippen LogP contribution in [0.1, 0.15) is 38.3 Å². The highest BCUT2D eigenvalue weighted by Gasteiger charge is 2.26. The average molecular weight is 263 g/mol. The molecule has 5 nitrogen and oxygen atoms in total. The molecule has 1 aliphatic rings. The van der Waals surface area contributed by atoms with E-state index in [-0.39, 0.29) is 11.9 Å². The molecule has 2 rings (SSSR count). The van der Waals surface area contributed by atoms with Gasteiger partial charge in [0.2, 0.25) is 0 Å². The molecule has 1 aromatic rings. The minimum atomic E-state index is -0.0752. The predicted molar refractivity (Wildman–Crippen MR) is 72.8 cm³/mol. The number of hydrogen-bond acceptors (Lipinski definition) is 5. The molecule has 1 heterocycles. The lowest BCUT2D eigenvalue weighted by Gasteiger charge is -2.27. The first-order valence-electron chi connectivity index (χ1n) is 6.88. The molecule has 0 radical (unpaired) electrons. The zero-order valence-electron chi connectivity index (χ0n) is 11.6. The Kier molecular flexibility index (Phi) is 4.71. The van der Waals surface area contributed by atoms with E-state index >= 15 is 0 Å². The highest BCUT2D eigenvalue weighted by atomic mass is 16.5. The molecular formula is C14H21N3O2. The van der Waals surface area contributed by atoms with Gasteiger partial charge in [0.15, 0.2) is 0 Å². The number of esters is 1. The predicted octanol–water partition coefficient (Wildman–Crippen LogP) is 2.18. The molecule has 0 atom stereocenters. The largest absolute Gasteiger partial charge is 0.469 e. The zero-order valence-corrected chi connectivity index (χ0v) is 11.6. The third kappa shape index (κ3) is 3.66. The Labute approximate surface area is 113 Å². The number of aryl methyl sites for hydroxylation is 1. The first-order chi connectivity index (χ1) is 9.22. The summed E-state index contributed by atoms with van der Waals surface area (Å²) in [5, 5.41) is 3.43. The summed E-state index contributed by atoms with van der Waals surface area (Å²) in [5.41, 5.74) is 1.04. The molecule has 0 amide bonds. The summed E-state index contributed by atoms with van der Waals surface area (Å²) in [7, 11) is 1.46. The molecule has 5 heteroatoms. The molecule has 0 bridgehead atoms. The van der Waals surface area contributed by atoms with Crippen LogP contribution in [0.2, 0.25) is 0 Å². The highest BCUT2D eigenvalue weighted by Crippen LogP contribution is 2.27. The molecular weight excluding hydrogens is 242 g/mol. The number of hydrogen-bond donors (Lipinski definition) is 1. The maximum Gasteiger partial charge on any atom is 0.308 e. The molecule has 1 aliphatic carbocycles. The first kappa shape index (κ1) is 13.8. The smallest absolute Gasteiger partial charge is 0.308 e. The normalized spacial score (nSPS) is 22.8. The van der Waals surface area contributed by atoms with Gasteiger partial charge in [0.1, 0.15) is 12.1 Å². The van der Waals surface area contributed by atoms with Crippen molar-refractivity contribution in [3.8, 4) is 0 Å².